The van der Waals surface area contributed by atoms with Crippen LogP contribution in [0.5, 0.6) is 0 Å². The number of carbonyl (C=O) groups excluding carboxylic acids is 11. The number of thioether (sulfide) groups is 1. The van der Waals surface area contributed by atoms with Crippen molar-refractivity contribution in [3.63, 3.8) is 0 Å². The molecule has 0 bridgehead atoms. The molecule has 1 heterocycles. The van der Waals surface area contributed by atoms with Crippen molar-refractivity contribution in [2.24, 2.45) is 41.4 Å². The number of rotatable bonds is 20. The third-order valence-corrected chi connectivity index (χ3v) is 18.2. The molecule has 11 amide bonds. The number of carbonyl (C=O) groups is 12. The number of hydrogen-bond acceptors (Lipinski definition) is 14. The van der Waals surface area contributed by atoms with Crippen molar-refractivity contribution in [2.45, 2.75) is 235 Å². The first-order valence-electron chi connectivity index (χ1n) is 32.7. The van der Waals surface area contributed by atoms with Crippen LogP contribution in [-0.4, -0.2) is 249 Å². The maximum absolute atomic E-state index is 15.3. The molecule has 0 aromatic carbocycles. The SMILES string of the molecule is C/C=C/C[C@@H](C)[C@@H](O)[C@H]1C(=O)N[C@@H](CC)C(=O)N(C)[C@H](CSCCC(=O)O)C(=O)N(C)[C@@H](CC(C)C)C(=O)N[C@@H](C(C)C)C(=O)N(C)[C@@H](CC(C)C)C(=O)N[C@@H](C)C(=O)N[C@H](C)C(=O)N(C)[C@@H](CC(C)C)C(=O)N(C)[C@@H](CC(C)C)C(=O)N(C)[C@@H](C(C)C)C(=O)N1C. The maximum atomic E-state index is 15.3. The van der Waals surface area contributed by atoms with Crippen molar-refractivity contribution >= 4 is 82.7 Å². The Balaban J connectivity index is 4.53. The van der Waals surface area contributed by atoms with E-state index in [-0.39, 0.29) is 80.1 Å². The molecule has 0 saturated carbocycles. The predicted octanol–water partition coefficient (Wildman–Crippen LogP) is 3.85. The molecule has 0 radical (unpaired) electrons. The maximum Gasteiger partial charge on any atom is 0.304 e. The van der Waals surface area contributed by atoms with Crippen molar-refractivity contribution in [1.82, 2.24) is 55.6 Å². The summed E-state index contributed by atoms with van der Waals surface area (Å²) in [5.41, 5.74) is 0. The molecule has 25 nitrogen and oxygen atoms in total. The van der Waals surface area contributed by atoms with E-state index in [1.54, 1.807) is 60.6 Å². The van der Waals surface area contributed by atoms with Gasteiger partial charge in [-0.2, -0.15) is 11.8 Å². The number of nitrogens with zero attached hydrogens (tertiary/aromatic N) is 7. The van der Waals surface area contributed by atoms with E-state index >= 15 is 28.8 Å². The Bertz CT molecular complexity index is 2550. The zero-order chi connectivity index (χ0) is 71.3. The van der Waals surface area contributed by atoms with Gasteiger partial charge in [0.1, 0.15) is 66.5 Å². The van der Waals surface area contributed by atoms with E-state index in [0.29, 0.717) is 0 Å². The number of allylic oxidation sites excluding steroid dienone is 2. The van der Waals surface area contributed by atoms with Crippen LogP contribution in [0.1, 0.15) is 163 Å². The van der Waals surface area contributed by atoms with Gasteiger partial charge >= 0.3 is 5.97 Å². The first-order valence-corrected chi connectivity index (χ1v) is 33.9. The molecule has 6 N–H and O–H groups in total. The number of aliphatic hydroxyl groups excluding tert-OH is 1. The van der Waals surface area contributed by atoms with Gasteiger partial charge in [-0.3, -0.25) is 57.5 Å². The Morgan fingerprint density at radius 2 is 0.880 bits per heavy atom. The van der Waals surface area contributed by atoms with Crippen LogP contribution in [0.25, 0.3) is 0 Å². The second-order valence-corrected chi connectivity index (χ2v) is 28.7. The molecule has 92 heavy (non-hydrogen) atoms. The Hall–Kier alpha value is -6.31. The fourth-order valence-electron chi connectivity index (χ4n) is 11.3. The van der Waals surface area contributed by atoms with E-state index in [4.69, 9.17) is 0 Å². The monoisotopic (exact) mass is 1320 g/mol. The Kier molecular flexibility index (Phi) is 35.3. The van der Waals surface area contributed by atoms with Gasteiger partial charge in [-0.15, -0.1) is 0 Å². The molecule has 0 aliphatic carbocycles. The van der Waals surface area contributed by atoms with Crippen LogP contribution in [0, 0.1) is 41.4 Å². The highest BCUT2D eigenvalue weighted by Crippen LogP contribution is 2.26. The van der Waals surface area contributed by atoms with Crippen molar-refractivity contribution in [3.8, 4) is 0 Å². The summed E-state index contributed by atoms with van der Waals surface area (Å²) in [6.45, 7) is 29.6. The molecular formula is C66H117N11O14S. The molecule has 26 heteroatoms. The van der Waals surface area contributed by atoms with Crippen molar-refractivity contribution in [1.29, 1.82) is 0 Å². The van der Waals surface area contributed by atoms with E-state index in [2.05, 4.69) is 21.3 Å². The van der Waals surface area contributed by atoms with Crippen molar-refractivity contribution in [3.05, 3.63) is 12.2 Å². The molecule has 13 atom stereocenters. The fourth-order valence-corrected chi connectivity index (χ4v) is 12.4. The Morgan fingerprint density at radius 1 is 0.478 bits per heavy atom. The van der Waals surface area contributed by atoms with Crippen LogP contribution in [0.4, 0.5) is 0 Å². The number of carboxylic acid groups (broad SMARTS) is 1. The lowest BCUT2D eigenvalue weighted by Gasteiger charge is -2.41. The van der Waals surface area contributed by atoms with Crippen molar-refractivity contribution < 1.29 is 67.7 Å². The minimum absolute atomic E-state index is 0.0373. The number of aliphatic hydroxyl groups is 1. The van der Waals surface area contributed by atoms with Gasteiger partial charge < -0.3 is 65.8 Å². The van der Waals surface area contributed by atoms with Crippen molar-refractivity contribution in [2.75, 3.05) is 60.8 Å². The van der Waals surface area contributed by atoms with Crippen LogP contribution < -0.4 is 21.3 Å². The smallest absolute Gasteiger partial charge is 0.304 e. The van der Waals surface area contributed by atoms with E-state index in [9.17, 15) is 39.0 Å². The van der Waals surface area contributed by atoms with E-state index < -0.39 is 161 Å². The predicted molar refractivity (Wildman–Crippen MR) is 357 cm³/mol. The number of hydrogen-bond donors (Lipinski definition) is 6. The Morgan fingerprint density at radius 3 is 1.33 bits per heavy atom. The molecule has 0 aromatic rings. The summed E-state index contributed by atoms with van der Waals surface area (Å²) in [6, 6.07) is -14.3. The van der Waals surface area contributed by atoms with Crippen LogP contribution in [0.3, 0.4) is 0 Å². The first-order chi connectivity index (χ1) is 42.5. The van der Waals surface area contributed by atoms with Gasteiger partial charge in [0.15, 0.2) is 0 Å². The average Bonchev–Trinajstić information content (AvgIpc) is 0.861. The molecule has 0 aromatic heterocycles. The molecular weight excluding hydrogens is 1200 g/mol. The molecule has 1 rings (SSSR count). The minimum atomic E-state index is -1.68. The molecule has 1 aliphatic rings. The number of nitrogens with one attached hydrogen (secondary N) is 4. The van der Waals surface area contributed by atoms with E-state index in [1.807, 2.05) is 55.4 Å². The molecule has 1 saturated heterocycles. The standard InChI is InChI=1S/C66H117N11O14S/c1-25-27-28-42(15)55(80)54-59(84)69-45(26-2)61(86)75(22)50(35-92-30-29-51(78)79)64(89)71(18)47(32-37(5)6)58(83)70-52(40(11)12)65(90)72(19)46(31-36(3)4)57(82)67-43(16)56(81)68-44(17)60(85)73(20)48(33-38(7)8)62(87)74(21)49(34-39(9)10)63(88)76(23)53(41(13)14)66(91)77(54)24/h25,27,36-50,52-55,80H,26,28-35H2,1-24H3,(H,67,82)(H,68,81)(H,69,84)(H,70,83)(H,78,79)/b27-25+/t42-,43+,44-,45+,46+,47+,48+,49+,50-,52+,53+,54+,55-/m1/s1. The molecule has 526 valence electrons. The van der Waals surface area contributed by atoms with Crippen LogP contribution in [0.15, 0.2) is 12.2 Å². The highest BCUT2D eigenvalue weighted by Gasteiger charge is 2.46. The van der Waals surface area contributed by atoms with Gasteiger partial charge in [0.2, 0.25) is 65.0 Å². The number of carboxylic acids is 1. The lowest BCUT2D eigenvalue weighted by molar-refractivity contribution is -0.157. The fraction of sp³-hybridized carbons (Fsp3) is 0.788. The third kappa shape index (κ3) is 23.9. The quantitative estimate of drug-likeness (QED) is 0.0745. The topological polar surface area (TPSA) is 316 Å². The highest BCUT2D eigenvalue weighted by molar-refractivity contribution is 7.99. The molecule has 0 spiro atoms. The number of likely N-dealkylation sites (N-methyl/N-ethyl adjacent to an activating group) is 7. The average molecular weight is 1320 g/mol. The second-order valence-electron chi connectivity index (χ2n) is 27.5. The van der Waals surface area contributed by atoms with Crippen LogP contribution >= 0.6 is 11.8 Å². The molecule has 1 fully saturated rings. The van der Waals surface area contributed by atoms with Crippen LogP contribution in [-0.2, 0) is 57.5 Å². The summed E-state index contributed by atoms with van der Waals surface area (Å²) in [6.07, 6.45) is 2.37. The van der Waals surface area contributed by atoms with Gasteiger partial charge in [0.05, 0.1) is 12.5 Å². The van der Waals surface area contributed by atoms with E-state index in [1.165, 1.54) is 87.7 Å². The summed E-state index contributed by atoms with van der Waals surface area (Å²) in [4.78, 5) is 183. The number of amides is 11. The largest absolute Gasteiger partial charge is 0.481 e. The lowest BCUT2D eigenvalue weighted by Crippen LogP contribution is -2.64. The zero-order valence-corrected chi connectivity index (χ0v) is 60.6. The molecule has 0 unspecified atom stereocenters. The minimum Gasteiger partial charge on any atom is -0.481 e. The highest BCUT2D eigenvalue weighted by atomic mass is 32.2. The van der Waals surface area contributed by atoms with Gasteiger partial charge in [-0.05, 0) is 101 Å². The van der Waals surface area contributed by atoms with E-state index in [0.717, 1.165) is 21.6 Å². The lowest BCUT2D eigenvalue weighted by atomic mass is 9.91. The summed E-state index contributed by atoms with van der Waals surface area (Å²) in [5, 5.41) is 32.8. The summed E-state index contributed by atoms with van der Waals surface area (Å²) in [5.74, 6) is -11.8. The second kappa shape index (κ2) is 38.8. The molecule has 1 aliphatic heterocycles. The first kappa shape index (κ1) is 83.7. The van der Waals surface area contributed by atoms with Crippen LogP contribution in [0.2, 0.25) is 0 Å². The summed E-state index contributed by atoms with van der Waals surface area (Å²) in [7, 11) is 9.77. The Labute approximate surface area is 553 Å². The van der Waals surface area contributed by atoms with Gasteiger partial charge in [-0.25, -0.2) is 0 Å². The normalized spacial score (nSPS) is 26.5. The summed E-state index contributed by atoms with van der Waals surface area (Å²) >= 11 is 1.07. The van der Waals surface area contributed by atoms with Gasteiger partial charge in [-0.1, -0.05) is 109 Å². The summed E-state index contributed by atoms with van der Waals surface area (Å²) < 4.78 is 0. The third-order valence-electron chi connectivity index (χ3n) is 17.1. The van der Waals surface area contributed by atoms with Gasteiger partial charge in [0, 0.05) is 60.8 Å². The number of aliphatic carboxylic acids is 1. The zero-order valence-electron chi connectivity index (χ0n) is 59.8. The van der Waals surface area contributed by atoms with Gasteiger partial charge in [0.25, 0.3) is 0 Å².